The summed E-state index contributed by atoms with van der Waals surface area (Å²) >= 11 is 5.87. The van der Waals surface area contributed by atoms with Gasteiger partial charge in [-0.15, -0.1) is 0 Å². The van der Waals surface area contributed by atoms with Gasteiger partial charge in [-0.2, -0.15) is 0 Å². The standard InChI is InChI=1S/C23H23ClFNO7S/c1-33-20-10-19-16(9-14(20)8-13-4-3-5-18(24)21(13)25)22(28)17(23(29)30)11-26(19)15(12-27)6-7-34(2,31)32/h3-5,9-11,15,27H,6-8,12H2,1-2H3,(H,29,30)/t15-/m0/s1. The number of carboxylic acid groups (broad SMARTS) is 1. The van der Waals surface area contributed by atoms with Crippen LogP contribution in [0.25, 0.3) is 10.9 Å². The Kier molecular flexibility index (Phi) is 7.64. The molecule has 0 amide bonds. The molecule has 2 N–H and O–H groups in total. The summed E-state index contributed by atoms with van der Waals surface area (Å²) in [5.41, 5.74) is -0.403. The van der Waals surface area contributed by atoms with Gasteiger partial charge >= 0.3 is 5.97 Å². The van der Waals surface area contributed by atoms with E-state index in [1.807, 2.05) is 0 Å². The number of methoxy groups -OCH3 is 1. The highest BCUT2D eigenvalue weighted by atomic mass is 35.5. The number of hydrogen-bond acceptors (Lipinski definition) is 6. The predicted octanol–water partition coefficient (Wildman–Crippen LogP) is 3.06. The number of carboxylic acids is 1. The van der Waals surface area contributed by atoms with E-state index in [2.05, 4.69) is 0 Å². The van der Waals surface area contributed by atoms with E-state index in [1.54, 1.807) is 6.07 Å². The van der Waals surface area contributed by atoms with Crippen LogP contribution in [-0.2, 0) is 16.3 Å². The zero-order valence-electron chi connectivity index (χ0n) is 18.4. The van der Waals surface area contributed by atoms with Crippen LogP contribution in [0.5, 0.6) is 5.75 Å². The van der Waals surface area contributed by atoms with Crippen molar-refractivity contribution in [3.05, 3.63) is 74.3 Å². The van der Waals surface area contributed by atoms with Crippen molar-refractivity contribution in [2.75, 3.05) is 25.7 Å². The van der Waals surface area contributed by atoms with Gasteiger partial charge in [0.2, 0.25) is 5.43 Å². The van der Waals surface area contributed by atoms with Crippen molar-refractivity contribution < 1.29 is 32.6 Å². The van der Waals surface area contributed by atoms with Gasteiger partial charge in [-0.3, -0.25) is 4.79 Å². The van der Waals surface area contributed by atoms with Crippen LogP contribution in [0.1, 0.15) is 33.9 Å². The summed E-state index contributed by atoms with van der Waals surface area (Å²) in [6.45, 7) is -0.496. The van der Waals surface area contributed by atoms with E-state index >= 15 is 0 Å². The Hall–Kier alpha value is -2.95. The maximum atomic E-state index is 14.5. The van der Waals surface area contributed by atoms with Gasteiger partial charge in [-0.1, -0.05) is 23.7 Å². The number of carbonyl (C=O) groups is 1. The molecule has 0 bridgehead atoms. The summed E-state index contributed by atoms with van der Waals surface area (Å²) in [7, 11) is -1.97. The first-order chi connectivity index (χ1) is 16.0. The zero-order chi connectivity index (χ0) is 25.2. The molecule has 0 unspecified atom stereocenters. The Bertz CT molecular complexity index is 1420. The fourth-order valence-electron chi connectivity index (χ4n) is 3.76. The molecular weight excluding hydrogens is 489 g/mol. The van der Waals surface area contributed by atoms with Gasteiger partial charge in [0.25, 0.3) is 0 Å². The quantitative estimate of drug-likeness (QED) is 0.452. The van der Waals surface area contributed by atoms with Gasteiger partial charge in [0.05, 0.1) is 36.1 Å². The molecule has 0 fully saturated rings. The number of sulfone groups is 1. The molecule has 182 valence electrons. The van der Waals surface area contributed by atoms with Crippen molar-refractivity contribution in [2.24, 2.45) is 0 Å². The zero-order valence-corrected chi connectivity index (χ0v) is 20.0. The van der Waals surface area contributed by atoms with Crippen molar-refractivity contribution in [3.63, 3.8) is 0 Å². The summed E-state index contributed by atoms with van der Waals surface area (Å²) < 4.78 is 44.6. The molecule has 0 saturated heterocycles. The van der Waals surface area contributed by atoms with Crippen LogP contribution in [0.2, 0.25) is 5.02 Å². The molecule has 0 aliphatic rings. The lowest BCUT2D eigenvalue weighted by Gasteiger charge is -2.22. The largest absolute Gasteiger partial charge is 0.496 e. The van der Waals surface area contributed by atoms with E-state index in [9.17, 15) is 32.6 Å². The van der Waals surface area contributed by atoms with Crippen LogP contribution < -0.4 is 10.2 Å². The first-order valence-corrected chi connectivity index (χ1v) is 12.6. The first kappa shape index (κ1) is 25.7. The average Bonchev–Trinajstić information content (AvgIpc) is 2.77. The van der Waals surface area contributed by atoms with Crippen LogP contribution in [0.3, 0.4) is 0 Å². The number of rotatable bonds is 9. The first-order valence-electron chi connectivity index (χ1n) is 10.2. The fraction of sp³-hybridized carbons (Fsp3) is 0.304. The molecule has 3 aromatic rings. The molecule has 1 atom stereocenters. The number of halogens is 2. The second-order valence-electron chi connectivity index (χ2n) is 7.91. The van der Waals surface area contributed by atoms with Crippen molar-refractivity contribution in [3.8, 4) is 5.75 Å². The average molecular weight is 512 g/mol. The van der Waals surface area contributed by atoms with Gasteiger partial charge in [-0.25, -0.2) is 17.6 Å². The maximum absolute atomic E-state index is 14.5. The van der Waals surface area contributed by atoms with Crippen molar-refractivity contribution in [1.29, 1.82) is 0 Å². The Morgan fingerprint density at radius 3 is 2.56 bits per heavy atom. The molecule has 8 nitrogen and oxygen atoms in total. The highest BCUT2D eigenvalue weighted by Crippen LogP contribution is 2.31. The number of aromatic nitrogens is 1. The molecule has 1 aromatic heterocycles. The number of hydrogen-bond donors (Lipinski definition) is 2. The third-order valence-electron chi connectivity index (χ3n) is 5.50. The number of aliphatic hydroxyl groups is 1. The predicted molar refractivity (Wildman–Crippen MR) is 126 cm³/mol. The number of benzene rings is 2. The smallest absolute Gasteiger partial charge is 0.341 e. The molecule has 0 aliphatic heterocycles. The summed E-state index contributed by atoms with van der Waals surface area (Å²) in [5.74, 6) is -2.05. The minimum Gasteiger partial charge on any atom is -0.496 e. The Morgan fingerprint density at radius 1 is 1.26 bits per heavy atom. The van der Waals surface area contributed by atoms with E-state index in [0.29, 0.717) is 11.3 Å². The number of pyridine rings is 1. The highest BCUT2D eigenvalue weighted by molar-refractivity contribution is 7.90. The molecule has 0 radical (unpaired) electrons. The molecule has 0 aliphatic carbocycles. The van der Waals surface area contributed by atoms with Crippen molar-refractivity contribution in [2.45, 2.75) is 18.9 Å². The Morgan fingerprint density at radius 2 is 1.97 bits per heavy atom. The fourth-order valence-corrected chi connectivity index (χ4v) is 4.66. The van der Waals surface area contributed by atoms with Crippen molar-refractivity contribution >= 4 is 38.3 Å². The number of aliphatic hydroxyl groups excluding tert-OH is 1. The lowest BCUT2D eigenvalue weighted by molar-refractivity contribution is 0.0694. The van der Waals surface area contributed by atoms with Gasteiger partial charge in [-0.05, 0) is 29.7 Å². The summed E-state index contributed by atoms with van der Waals surface area (Å²) in [6, 6.07) is 6.60. The number of nitrogens with zero attached hydrogens (tertiary/aromatic N) is 1. The minimum absolute atomic E-state index is 0.00977. The lowest BCUT2D eigenvalue weighted by Crippen LogP contribution is -2.24. The van der Waals surface area contributed by atoms with E-state index in [0.717, 1.165) is 12.5 Å². The molecule has 1 heterocycles. The normalized spacial score (nSPS) is 12.6. The second-order valence-corrected chi connectivity index (χ2v) is 10.6. The minimum atomic E-state index is -3.36. The number of ether oxygens (including phenoxy) is 1. The maximum Gasteiger partial charge on any atom is 0.341 e. The lowest BCUT2D eigenvalue weighted by atomic mass is 9.99. The topological polar surface area (TPSA) is 123 Å². The third-order valence-corrected chi connectivity index (χ3v) is 6.77. The van der Waals surface area contributed by atoms with Crippen LogP contribution in [-0.4, -0.2) is 54.9 Å². The van der Waals surface area contributed by atoms with E-state index in [-0.39, 0.29) is 40.1 Å². The molecule has 34 heavy (non-hydrogen) atoms. The van der Waals surface area contributed by atoms with Gasteiger partial charge in [0.15, 0.2) is 0 Å². The van der Waals surface area contributed by atoms with E-state index < -0.39 is 45.3 Å². The second kappa shape index (κ2) is 10.1. The van der Waals surface area contributed by atoms with Gasteiger partial charge < -0.3 is 19.5 Å². The molecular formula is C23H23ClFNO7S. The molecule has 3 rings (SSSR count). The SMILES string of the molecule is COc1cc2c(cc1Cc1cccc(Cl)c1F)c(=O)c(C(=O)O)cn2[C@H](CO)CCS(C)(=O)=O. The molecule has 0 spiro atoms. The van der Waals surface area contributed by atoms with Gasteiger partial charge in [0.1, 0.15) is 27.0 Å². The summed E-state index contributed by atoms with van der Waals surface area (Å²) in [5, 5.41) is 19.5. The summed E-state index contributed by atoms with van der Waals surface area (Å²) in [4.78, 5) is 24.8. The molecule has 11 heteroatoms. The highest BCUT2D eigenvalue weighted by Gasteiger charge is 2.22. The van der Waals surface area contributed by atoms with E-state index in [1.165, 1.54) is 35.9 Å². The van der Waals surface area contributed by atoms with Crippen LogP contribution in [0.4, 0.5) is 4.39 Å². The number of aromatic carboxylic acids is 1. The third kappa shape index (κ3) is 5.40. The molecule has 0 saturated carbocycles. The monoisotopic (exact) mass is 511 g/mol. The number of fused-ring (bicyclic) bond motifs is 1. The molecule has 2 aromatic carbocycles. The van der Waals surface area contributed by atoms with E-state index in [4.69, 9.17) is 16.3 Å². The Balaban J connectivity index is 2.26. The van der Waals surface area contributed by atoms with Crippen LogP contribution >= 0.6 is 11.6 Å². The Labute approximate surface area is 200 Å². The summed E-state index contributed by atoms with van der Waals surface area (Å²) in [6.07, 6.45) is 2.15. The van der Waals surface area contributed by atoms with Crippen molar-refractivity contribution in [1.82, 2.24) is 4.57 Å². The van der Waals surface area contributed by atoms with Crippen LogP contribution in [0, 0.1) is 5.82 Å². The van der Waals surface area contributed by atoms with Crippen LogP contribution in [0.15, 0.2) is 41.3 Å². The van der Waals surface area contributed by atoms with Gasteiger partial charge in [0, 0.05) is 30.3 Å².